The van der Waals surface area contributed by atoms with Gasteiger partial charge in [-0.1, -0.05) is 0 Å². The first kappa shape index (κ1) is 26.9. The Morgan fingerprint density at radius 2 is 1.90 bits per heavy atom. The first-order valence-electron chi connectivity index (χ1n) is 12.9. The molecule has 0 unspecified atom stereocenters. The molecular formula is C27H31FN6O4S. The number of halogens is 1. The molecule has 1 saturated carbocycles. The molecular weight excluding hydrogens is 523 g/mol. The van der Waals surface area contributed by atoms with Gasteiger partial charge in [-0.3, -0.25) is 19.2 Å². The van der Waals surface area contributed by atoms with Crippen LogP contribution < -0.4 is 16.1 Å². The summed E-state index contributed by atoms with van der Waals surface area (Å²) in [5, 5.41) is 6.49. The van der Waals surface area contributed by atoms with E-state index in [0.29, 0.717) is 29.8 Å². The Labute approximate surface area is 228 Å². The monoisotopic (exact) mass is 554 g/mol. The van der Waals surface area contributed by atoms with Crippen LogP contribution in [0.5, 0.6) is 0 Å². The van der Waals surface area contributed by atoms with Gasteiger partial charge < -0.3 is 25.4 Å². The Kier molecular flexibility index (Phi) is 7.50. The maximum absolute atomic E-state index is 13.6. The minimum absolute atomic E-state index is 0.0298. The third-order valence-electron chi connectivity index (χ3n) is 7.43. The van der Waals surface area contributed by atoms with E-state index in [1.54, 1.807) is 14.1 Å². The van der Waals surface area contributed by atoms with Crippen LogP contribution in [0.4, 0.5) is 4.39 Å². The number of fused-ring (bicyclic) bond motifs is 2. The maximum atomic E-state index is 13.6. The molecule has 1 aliphatic carbocycles. The Bertz CT molecular complexity index is 1500. The van der Waals surface area contributed by atoms with E-state index in [-0.39, 0.29) is 28.8 Å². The van der Waals surface area contributed by atoms with Crippen molar-refractivity contribution >= 4 is 40.0 Å². The number of nitrogens with one attached hydrogen (secondary N) is 3. The Morgan fingerprint density at radius 1 is 1.13 bits per heavy atom. The van der Waals surface area contributed by atoms with Crippen molar-refractivity contribution in [2.45, 2.75) is 44.3 Å². The normalized spacial score (nSPS) is 21.3. The molecule has 1 aromatic carbocycles. The predicted octanol–water partition coefficient (Wildman–Crippen LogP) is 1.90. The second-order valence-corrected chi connectivity index (χ2v) is 11.6. The lowest BCUT2D eigenvalue weighted by molar-refractivity contribution is -0.134. The van der Waals surface area contributed by atoms with Gasteiger partial charge in [-0.25, -0.2) is 9.37 Å². The topological polar surface area (TPSA) is 128 Å². The molecule has 3 heterocycles. The molecule has 12 heteroatoms. The van der Waals surface area contributed by atoms with E-state index in [9.17, 15) is 23.6 Å². The number of carbonyl (C=O) groups is 3. The number of hydrogen-bond acceptors (Lipinski definition) is 7. The van der Waals surface area contributed by atoms with Crippen molar-refractivity contribution in [2.24, 2.45) is 5.92 Å². The van der Waals surface area contributed by atoms with Crippen molar-refractivity contribution in [2.75, 3.05) is 27.7 Å². The average Bonchev–Trinajstić information content (AvgIpc) is 3.33. The highest BCUT2D eigenvalue weighted by atomic mass is 32.1. The Morgan fingerprint density at radius 3 is 2.67 bits per heavy atom. The first-order valence-corrected chi connectivity index (χ1v) is 13.7. The van der Waals surface area contributed by atoms with Crippen LogP contribution >= 0.6 is 11.3 Å². The number of likely N-dealkylation sites (N-methyl/N-ethyl adjacent to an activating group) is 1. The van der Waals surface area contributed by atoms with E-state index in [0.717, 1.165) is 42.2 Å². The zero-order valence-corrected chi connectivity index (χ0v) is 22.9. The minimum Gasteiger partial charge on any atom is -0.350 e. The van der Waals surface area contributed by atoms with Crippen LogP contribution in [0.15, 0.2) is 29.1 Å². The van der Waals surface area contributed by atoms with Crippen LogP contribution in [-0.2, 0) is 17.8 Å². The number of aromatic amines is 1. The van der Waals surface area contributed by atoms with Crippen molar-refractivity contribution in [3.05, 3.63) is 61.6 Å². The Balaban J connectivity index is 1.36. The SMILES string of the molecule is CN1CCc2nc(C(=O)N[C@@H]3C[C@@H](C(=O)N(C)C)CC[C@@H]3NC(=O)c3cc(=O)c4cc(F)ccc4[nH]3)sc2C1. The third-order valence-corrected chi connectivity index (χ3v) is 8.51. The summed E-state index contributed by atoms with van der Waals surface area (Å²) in [6.45, 7) is 1.63. The molecule has 206 valence electrons. The summed E-state index contributed by atoms with van der Waals surface area (Å²) in [7, 11) is 5.42. The fraction of sp³-hybridized carbons (Fsp3) is 0.444. The van der Waals surface area contributed by atoms with E-state index in [1.165, 1.54) is 28.4 Å². The zero-order valence-electron chi connectivity index (χ0n) is 22.0. The van der Waals surface area contributed by atoms with Gasteiger partial charge in [-0.2, -0.15) is 0 Å². The summed E-state index contributed by atoms with van der Waals surface area (Å²) in [5.41, 5.74) is 0.847. The highest BCUT2D eigenvalue weighted by molar-refractivity contribution is 7.13. The van der Waals surface area contributed by atoms with Crippen LogP contribution in [0.1, 0.15) is 50.1 Å². The van der Waals surface area contributed by atoms with Gasteiger partial charge in [-0.05, 0) is 44.5 Å². The number of thiazole rings is 1. The molecule has 10 nitrogen and oxygen atoms in total. The molecule has 5 rings (SSSR count). The van der Waals surface area contributed by atoms with Crippen LogP contribution in [0.2, 0.25) is 0 Å². The van der Waals surface area contributed by atoms with Crippen molar-refractivity contribution in [1.82, 2.24) is 30.4 Å². The Hall–Kier alpha value is -3.64. The van der Waals surface area contributed by atoms with E-state index < -0.39 is 29.2 Å². The molecule has 0 bridgehead atoms. The number of pyridine rings is 1. The van der Waals surface area contributed by atoms with Gasteiger partial charge in [0.25, 0.3) is 11.8 Å². The lowest BCUT2D eigenvalue weighted by atomic mass is 9.81. The lowest BCUT2D eigenvalue weighted by Crippen LogP contribution is -2.56. The molecule has 1 aliphatic heterocycles. The summed E-state index contributed by atoms with van der Waals surface area (Å²) in [6, 6.07) is 3.90. The van der Waals surface area contributed by atoms with Gasteiger partial charge >= 0.3 is 0 Å². The number of amides is 3. The van der Waals surface area contributed by atoms with Gasteiger partial charge in [0, 0.05) is 61.9 Å². The van der Waals surface area contributed by atoms with Crippen molar-refractivity contribution in [1.29, 1.82) is 0 Å². The van der Waals surface area contributed by atoms with Crippen LogP contribution in [0, 0.1) is 11.7 Å². The van der Waals surface area contributed by atoms with Gasteiger partial charge in [0.2, 0.25) is 5.91 Å². The lowest BCUT2D eigenvalue weighted by Gasteiger charge is -2.37. The molecule has 0 saturated heterocycles. The number of benzene rings is 1. The molecule has 2 aromatic heterocycles. The smallest absolute Gasteiger partial charge is 0.280 e. The molecule has 3 atom stereocenters. The number of nitrogens with zero attached hydrogens (tertiary/aromatic N) is 3. The summed E-state index contributed by atoms with van der Waals surface area (Å²) >= 11 is 1.37. The van der Waals surface area contributed by atoms with Gasteiger partial charge in [0.1, 0.15) is 11.5 Å². The summed E-state index contributed by atoms with van der Waals surface area (Å²) in [5.74, 6) is -1.72. The predicted molar refractivity (Wildman–Crippen MR) is 145 cm³/mol. The third kappa shape index (κ3) is 5.71. The molecule has 1 fully saturated rings. The largest absolute Gasteiger partial charge is 0.350 e. The fourth-order valence-corrected chi connectivity index (χ4v) is 6.42. The van der Waals surface area contributed by atoms with Crippen LogP contribution in [0.25, 0.3) is 10.9 Å². The zero-order chi connectivity index (χ0) is 27.8. The molecule has 2 aliphatic rings. The highest BCUT2D eigenvalue weighted by Gasteiger charge is 2.37. The maximum Gasteiger partial charge on any atom is 0.280 e. The first-order chi connectivity index (χ1) is 18.6. The van der Waals surface area contributed by atoms with Crippen molar-refractivity contribution in [3.8, 4) is 0 Å². The van der Waals surface area contributed by atoms with E-state index in [4.69, 9.17) is 0 Å². The van der Waals surface area contributed by atoms with Crippen LogP contribution in [0.3, 0.4) is 0 Å². The van der Waals surface area contributed by atoms with Gasteiger partial charge in [0.05, 0.1) is 17.3 Å². The van der Waals surface area contributed by atoms with E-state index >= 15 is 0 Å². The molecule has 0 radical (unpaired) electrons. The highest BCUT2D eigenvalue weighted by Crippen LogP contribution is 2.28. The van der Waals surface area contributed by atoms with Gasteiger partial charge in [0.15, 0.2) is 10.4 Å². The fourth-order valence-electron chi connectivity index (χ4n) is 5.33. The molecule has 0 spiro atoms. The van der Waals surface area contributed by atoms with Crippen molar-refractivity contribution < 1.29 is 18.8 Å². The second kappa shape index (κ2) is 10.9. The number of aromatic nitrogens is 2. The molecule has 3 N–H and O–H groups in total. The number of carbonyl (C=O) groups excluding carboxylic acids is 3. The molecule has 3 aromatic rings. The summed E-state index contributed by atoms with van der Waals surface area (Å²) in [6.07, 6.45) is 2.14. The summed E-state index contributed by atoms with van der Waals surface area (Å²) < 4.78 is 13.6. The second-order valence-electron chi connectivity index (χ2n) is 10.5. The summed E-state index contributed by atoms with van der Waals surface area (Å²) in [4.78, 5) is 64.0. The number of hydrogen-bond donors (Lipinski definition) is 3. The van der Waals surface area contributed by atoms with Crippen molar-refractivity contribution in [3.63, 3.8) is 0 Å². The van der Waals surface area contributed by atoms with E-state index in [2.05, 4.69) is 25.5 Å². The average molecular weight is 555 g/mol. The minimum atomic E-state index is -0.541. The number of H-pyrrole nitrogens is 1. The number of rotatable bonds is 5. The molecule has 3 amide bonds. The molecule has 39 heavy (non-hydrogen) atoms. The standard InChI is InChI=1S/C27H31FN6O4S/c1-33(2)27(38)14-4-6-18(30-24(36)21-12-22(35)16-11-15(28)5-7-17(16)29-21)20(10-14)31-25(37)26-32-19-8-9-34(3)13-23(19)39-26/h5,7,11-12,14,18,20H,4,6,8-10,13H2,1-3H3,(H,29,35)(H,30,36)(H,31,37)/t14-,18-,20+/m0/s1. The quantitative estimate of drug-likeness (QED) is 0.442. The van der Waals surface area contributed by atoms with E-state index in [1.807, 2.05) is 7.05 Å². The van der Waals surface area contributed by atoms with Gasteiger partial charge in [-0.15, -0.1) is 11.3 Å². The van der Waals surface area contributed by atoms with Crippen LogP contribution in [-0.4, -0.2) is 77.3 Å².